The number of aromatic nitrogens is 2. The largest absolute Gasteiger partial charge is 0.507 e. The third-order valence-corrected chi connectivity index (χ3v) is 4.39. The number of phenolic OH excluding ortho intramolecular Hbond substituents is 1. The molecule has 0 fully saturated rings. The second kappa shape index (κ2) is 7.84. The van der Waals surface area contributed by atoms with Crippen LogP contribution in [-0.2, 0) is 13.0 Å². The molecule has 0 saturated carbocycles. The molecule has 3 rings (SSSR count). The van der Waals surface area contributed by atoms with Crippen molar-refractivity contribution in [3.8, 4) is 17.0 Å². The number of hydrogen-bond donors (Lipinski definition) is 3. The van der Waals surface area contributed by atoms with Gasteiger partial charge in [-0.05, 0) is 35.7 Å². The first-order chi connectivity index (χ1) is 12.6. The summed E-state index contributed by atoms with van der Waals surface area (Å²) in [6.45, 7) is 1.33. The zero-order chi connectivity index (χ0) is 18.5. The van der Waals surface area contributed by atoms with Gasteiger partial charge in [-0.15, -0.1) is 10.2 Å². The van der Waals surface area contributed by atoms with Crippen LogP contribution in [0.4, 0.5) is 11.5 Å². The highest BCUT2D eigenvalue weighted by Gasteiger charge is 2.12. The molecule has 134 valence electrons. The summed E-state index contributed by atoms with van der Waals surface area (Å²) < 4.78 is 0. The molecule has 0 atom stereocenters. The lowest BCUT2D eigenvalue weighted by Gasteiger charge is -2.21. The summed E-state index contributed by atoms with van der Waals surface area (Å²) in [7, 11) is 1.97. The van der Waals surface area contributed by atoms with Gasteiger partial charge in [0.25, 0.3) is 0 Å². The van der Waals surface area contributed by atoms with E-state index in [-0.39, 0.29) is 5.75 Å². The Balaban J connectivity index is 1.77. The van der Waals surface area contributed by atoms with Crippen LogP contribution >= 0.6 is 0 Å². The van der Waals surface area contributed by atoms with Gasteiger partial charge in [0.2, 0.25) is 0 Å². The Labute approximate surface area is 153 Å². The molecular formula is C20H23N5O. The Morgan fingerprint density at radius 1 is 1.00 bits per heavy atom. The number of nitrogens with two attached hydrogens (primary N) is 2. The van der Waals surface area contributed by atoms with Crippen LogP contribution in [0.1, 0.15) is 11.1 Å². The van der Waals surface area contributed by atoms with E-state index in [1.165, 1.54) is 5.56 Å². The zero-order valence-corrected chi connectivity index (χ0v) is 14.8. The molecule has 0 bridgehead atoms. The van der Waals surface area contributed by atoms with Gasteiger partial charge in [-0.1, -0.05) is 36.4 Å². The Hall–Kier alpha value is -3.12. The number of anilines is 2. The minimum atomic E-state index is 0.167. The third kappa shape index (κ3) is 3.92. The molecule has 1 heterocycles. The average Bonchev–Trinajstić information content (AvgIpc) is 2.67. The molecule has 26 heavy (non-hydrogen) atoms. The molecule has 0 aliphatic heterocycles. The second-order valence-corrected chi connectivity index (χ2v) is 6.21. The molecule has 0 radical (unpaired) electrons. The van der Waals surface area contributed by atoms with Gasteiger partial charge in [0.15, 0.2) is 5.82 Å². The topological polar surface area (TPSA) is 101 Å². The van der Waals surface area contributed by atoms with Crippen LogP contribution < -0.4 is 16.4 Å². The van der Waals surface area contributed by atoms with E-state index in [0.29, 0.717) is 23.6 Å². The molecule has 0 amide bonds. The fourth-order valence-corrected chi connectivity index (χ4v) is 2.78. The Morgan fingerprint density at radius 3 is 2.38 bits per heavy atom. The summed E-state index contributed by atoms with van der Waals surface area (Å²) >= 11 is 0. The van der Waals surface area contributed by atoms with Crippen LogP contribution in [0.25, 0.3) is 11.3 Å². The van der Waals surface area contributed by atoms with E-state index in [1.54, 1.807) is 18.2 Å². The van der Waals surface area contributed by atoms with Gasteiger partial charge in [0.1, 0.15) is 5.75 Å². The van der Waals surface area contributed by atoms with Crippen molar-refractivity contribution >= 4 is 11.5 Å². The smallest absolute Gasteiger partial charge is 0.169 e. The van der Waals surface area contributed by atoms with E-state index < -0.39 is 0 Å². The molecule has 6 nitrogen and oxygen atoms in total. The molecule has 1 aromatic heterocycles. The van der Waals surface area contributed by atoms with Crippen LogP contribution in [0.3, 0.4) is 0 Å². The van der Waals surface area contributed by atoms with Gasteiger partial charge in [0, 0.05) is 25.7 Å². The van der Waals surface area contributed by atoms with E-state index >= 15 is 0 Å². The number of aromatic hydroxyl groups is 1. The summed E-state index contributed by atoms with van der Waals surface area (Å²) in [5, 5.41) is 18.2. The minimum Gasteiger partial charge on any atom is -0.507 e. The lowest BCUT2D eigenvalue weighted by molar-refractivity contribution is 0.477. The quantitative estimate of drug-likeness (QED) is 0.632. The first kappa shape index (κ1) is 17.7. The molecule has 0 aliphatic rings. The van der Waals surface area contributed by atoms with Crippen LogP contribution in [0.5, 0.6) is 5.75 Å². The fraction of sp³-hybridized carbons (Fsp3) is 0.200. The average molecular weight is 349 g/mol. The monoisotopic (exact) mass is 349 g/mol. The van der Waals surface area contributed by atoms with E-state index in [4.69, 9.17) is 11.5 Å². The first-order valence-corrected chi connectivity index (χ1v) is 8.49. The Morgan fingerprint density at radius 2 is 1.69 bits per heavy atom. The second-order valence-electron chi connectivity index (χ2n) is 6.21. The maximum Gasteiger partial charge on any atom is 0.169 e. The lowest BCUT2D eigenvalue weighted by atomic mass is 10.1. The first-order valence-electron chi connectivity index (χ1n) is 8.49. The van der Waals surface area contributed by atoms with Crippen molar-refractivity contribution in [2.75, 3.05) is 24.2 Å². The number of benzene rings is 2. The molecule has 2 aromatic carbocycles. The van der Waals surface area contributed by atoms with Gasteiger partial charge >= 0.3 is 0 Å². The third-order valence-electron chi connectivity index (χ3n) is 4.39. The van der Waals surface area contributed by atoms with Crippen LogP contribution in [0, 0.1) is 0 Å². The van der Waals surface area contributed by atoms with Crippen molar-refractivity contribution < 1.29 is 5.11 Å². The summed E-state index contributed by atoms with van der Waals surface area (Å²) in [5.41, 5.74) is 16.0. The fourth-order valence-electron chi connectivity index (χ4n) is 2.78. The minimum absolute atomic E-state index is 0.167. The van der Waals surface area contributed by atoms with Crippen molar-refractivity contribution in [1.29, 1.82) is 0 Å². The summed E-state index contributed by atoms with van der Waals surface area (Å²) in [5.74, 6) is 0.533. The zero-order valence-electron chi connectivity index (χ0n) is 14.8. The molecule has 0 unspecified atom stereocenters. The number of para-hydroxylation sites is 1. The highest BCUT2D eigenvalue weighted by atomic mass is 16.3. The molecule has 0 aliphatic carbocycles. The van der Waals surface area contributed by atoms with Gasteiger partial charge in [-0.2, -0.15) is 0 Å². The summed E-state index contributed by atoms with van der Waals surface area (Å²) in [6.07, 6.45) is 0.870. The molecule has 0 saturated heterocycles. The summed E-state index contributed by atoms with van der Waals surface area (Å²) in [4.78, 5) is 2.05. The lowest BCUT2D eigenvalue weighted by Crippen LogP contribution is -2.22. The number of nitrogens with zero attached hydrogens (tertiary/aromatic N) is 3. The van der Waals surface area contributed by atoms with E-state index in [0.717, 1.165) is 24.2 Å². The number of likely N-dealkylation sites (N-methyl/N-ethyl adjacent to an activating group) is 1. The van der Waals surface area contributed by atoms with Crippen molar-refractivity contribution in [3.05, 3.63) is 65.7 Å². The number of rotatable bonds is 6. The highest BCUT2D eigenvalue weighted by molar-refractivity contribution is 5.73. The van der Waals surface area contributed by atoms with Crippen LogP contribution in [0.15, 0.2) is 54.6 Å². The summed E-state index contributed by atoms with van der Waals surface area (Å²) in [6, 6.07) is 17.2. The van der Waals surface area contributed by atoms with E-state index in [1.807, 2.05) is 36.2 Å². The van der Waals surface area contributed by atoms with Crippen molar-refractivity contribution in [2.45, 2.75) is 13.0 Å². The van der Waals surface area contributed by atoms with Crippen molar-refractivity contribution in [1.82, 2.24) is 10.2 Å². The van der Waals surface area contributed by atoms with E-state index in [9.17, 15) is 5.11 Å². The number of hydrogen-bond acceptors (Lipinski definition) is 6. The molecular weight excluding hydrogens is 326 g/mol. The standard InChI is InChI=1S/C20H23N5O/c1-25(11-10-14-6-8-15(13-21)9-7-14)18-12-17(23-24-20(18)22)16-4-2-3-5-19(16)26/h2-9,12,26H,10-11,13,21H2,1H3,(H2,22,24). The van der Waals surface area contributed by atoms with Crippen molar-refractivity contribution in [2.24, 2.45) is 5.73 Å². The predicted octanol–water partition coefficient (Wildman–Crippen LogP) is 2.57. The SMILES string of the molecule is CN(CCc1ccc(CN)cc1)c1cc(-c2ccccc2O)nnc1N. The Kier molecular flexibility index (Phi) is 5.34. The van der Waals surface area contributed by atoms with Crippen LogP contribution in [0.2, 0.25) is 0 Å². The van der Waals surface area contributed by atoms with E-state index in [2.05, 4.69) is 22.3 Å². The molecule has 5 N–H and O–H groups in total. The van der Waals surface area contributed by atoms with Gasteiger partial charge < -0.3 is 21.5 Å². The number of phenols is 1. The molecule has 3 aromatic rings. The van der Waals surface area contributed by atoms with Gasteiger partial charge in [-0.3, -0.25) is 0 Å². The normalized spacial score (nSPS) is 10.7. The van der Waals surface area contributed by atoms with Crippen molar-refractivity contribution in [3.63, 3.8) is 0 Å². The Bertz CT molecular complexity index is 880. The predicted molar refractivity (Wildman–Crippen MR) is 105 cm³/mol. The maximum absolute atomic E-state index is 10.0. The van der Waals surface area contributed by atoms with Gasteiger partial charge in [-0.25, -0.2) is 0 Å². The number of nitrogen functional groups attached to an aromatic ring is 1. The van der Waals surface area contributed by atoms with Crippen LogP contribution in [-0.4, -0.2) is 28.9 Å². The molecule has 0 spiro atoms. The highest BCUT2D eigenvalue weighted by Crippen LogP contribution is 2.30. The van der Waals surface area contributed by atoms with Gasteiger partial charge in [0.05, 0.1) is 11.4 Å². The maximum atomic E-state index is 10.0. The molecule has 6 heteroatoms.